The zero-order chi connectivity index (χ0) is 13.4. The molecule has 94 valence electrons. The third kappa shape index (κ3) is 1.96. The van der Waals surface area contributed by atoms with E-state index >= 15 is 0 Å². The van der Waals surface area contributed by atoms with Gasteiger partial charge in [-0.2, -0.15) is 0 Å². The number of aromatic amines is 1. The molecule has 2 aromatic heterocycles. The van der Waals surface area contributed by atoms with Gasteiger partial charge in [-0.05, 0) is 12.2 Å². The normalized spacial score (nSPS) is 10.8. The molecule has 1 N–H and O–H groups in total. The molecule has 2 heterocycles. The number of nitrogens with zero attached hydrogens (tertiary/aromatic N) is 3. The Morgan fingerprint density at radius 1 is 1.26 bits per heavy atom. The average molecular weight is 270 g/mol. The van der Waals surface area contributed by atoms with Crippen molar-refractivity contribution in [1.29, 1.82) is 0 Å². The van der Waals surface area contributed by atoms with E-state index in [2.05, 4.69) is 15.0 Å². The van der Waals surface area contributed by atoms with Crippen LogP contribution in [0.5, 0.6) is 0 Å². The minimum absolute atomic E-state index is 0.196. The van der Waals surface area contributed by atoms with Gasteiger partial charge in [0.2, 0.25) is 0 Å². The minimum atomic E-state index is -0.196. The van der Waals surface area contributed by atoms with Crippen LogP contribution < -0.4 is 5.56 Å². The van der Waals surface area contributed by atoms with Crippen molar-refractivity contribution in [2.24, 2.45) is 7.05 Å². The Morgan fingerprint density at radius 2 is 2.00 bits per heavy atom. The molecule has 19 heavy (non-hydrogen) atoms. The molecule has 0 unspecified atom stereocenters. The Bertz CT molecular complexity index is 867. The van der Waals surface area contributed by atoms with Gasteiger partial charge in [0, 0.05) is 18.8 Å². The molecule has 0 saturated heterocycles. The van der Waals surface area contributed by atoms with Gasteiger partial charge >= 0.3 is 0 Å². The van der Waals surface area contributed by atoms with Gasteiger partial charge in [0.15, 0.2) is 10.6 Å². The van der Waals surface area contributed by atoms with E-state index in [4.69, 9.17) is 12.2 Å². The van der Waals surface area contributed by atoms with Crippen LogP contribution in [0.2, 0.25) is 0 Å². The van der Waals surface area contributed by atoms with Crippen molar-refractivity contribution in [3.05, 3.63) is 51.7 Å². The molecule has 0 atom stereocenters. The van der Waals surface area contributed by atoms with E-state index in [0.29, 0.717) is 21.6 Å². The van der Waals surface area contributed by atoms with E-state index in [9.17, 15) is 4.79 Å². The van der Waals surface area contributed by atoms with E-state index in [-0.39, 0.29) is 5.56 Å². The molecular formula is C13H10N4OS. The molecule has 0 amide bonds. The largest absolute Gasteiger partial charge is 0.316 e. The molecule has 5 nitrogen and oxygen atoms in total. The highest BCUT2D eigenvalue weighted by atomic mass is 32.1. The lowest BCUT2D eigenvalue weighted by atomic mass is 10.2. The Balaban J connectivity index is 2.31. The fourth-order valence-corrected chi connectivity index (χ4v) is 2.00. The first-order valence-electron chi connectivity index (χ1n) is 5.68. The predicted molar refractivity (Wildman–Crippen MR) is 75.4 cm³/mol. The number of H-pyrrole nitrogens is 1. The zero-order valence-corrected chi connectivity index (χ0v) is 10.9. The van der Waals surface area contributed by atoms with Crippen LogP contribution in [0.25, 0.3) is 22.4 Å². The lowest BCUT2D eigenvalue weighted by Crippen LogP contribution is -2.19. The Morgan fingerprint density at radius 3 is 2.74 bits per heavy atom. The maximum atomic E-state index is 12.0. The monoisotopic (exact) mass is 270 g/mol. The summed E-state index contributed by atoms with van der Waals surface area (Å²) in [5, 5.41) is 0.427. The highest BCUT2D eigenvalue weighted by Gasteiger charge is 2.07. The van der Waals surface area contributed by atoms with Crippen molar-refractivity contribution in [2.75, 3.05) is 0 Å². The van der Waals surface area contributed by atoms with E-state index in [0.717, 1.165) is 5.56 Å². The number of nitrogens with one attached hydrogen (secondary N) is 1. The number of benzene rings is 1. The molecule has 6 heteroatoms. The second kappa shape index (κ2) is 4.40. The fraction of sp³-hybridized carbons (Fsp3) is 0.0769. The summed E-state index contributed by atoms with van der Waals surface area (Å²) in [4.78, 5) is 23.5. The second-order valence-electron chi connectivity index (χ2n) is 4.12. The van der Waals surface area contributed by atoms with E-state index in [1.54, 1.807) is 7.05 Å². The first-order valence-corrected chi connectivity index (χ1v) is 6.09. The van der Waals surface area contributed by atoms with Crippen molar-refractivity contribution in [3.63, 3.8) is 0 Å². The number of aromatic nitrogens is 4. The van der Waals surface area contributed by atoms with Crippen LogP contribution in [0.3, 0.4) is 0 Å². The molecule has 0 radical (unpaired) electrons. The highest BCUT2D eigenvalue weighted by molar-refractivity contribution is 7.71. The molecule has 0 aliphatic rings. The van der Waals surface area contributed by atoms with Gasteiger partial charge in [-0.25, -0.2) is 9.97 Å². The summed E-state index contributed by atoms with van der Waals surface area (Å²) in [6.45, 7) is 0. The summed E-state index contributed by atoms with van der Waals surface area (Å²) in [7, 11) is 1.62. The van der Waals surface area contributed by atoms with Gasteiger partial charge in [0.05, 0.1) is 0 Å². The van der Waals surface area contributed by atoms with E-state index < -0.39 is 0 Å². The van der Waals surface area contributed by atoms with Crippen molar-refractivity contribution in [1.82, 2.24) is 19.5 Å². The van der Waals surface area contributed by atoms with Crippen LogP contribution in [0.15, 0.2) is 41.3 Å². The van der Waals surface area contributed by atoms with Crippen LogP contribution in [0, 0.1) is 4.77 Å². The number of hydrogen-bond acceptors (Lipinski definition) is 4. The van der Waals surface area contributed by atoms with Gasteiger partial charge in [-0.3, -0.25) is 9.36 Å². The third-order valence-electron chi connectivity index (χ3n) is 2.89. The van der Waals surface area contributed by atoms with Crippen molar-refractivity contribution >= 4 is 23.3 Å². The van der Waals surface area contributed by atoms with Gasteiger partial charge in [0.25, 0.3) is 5.56 Å². The van der Waals surface area contributed by atoms with Crippen LogP contribution in [-0.2, 0) is 7.05 Å². The molecule has 0 bridgehead atoms. The van der Waals surface area contributed by atoms with Gasteiger partial charge < -0.3 is 4.98 Å². The smallest absolute Gasteiger partial charge is 0.265 e. The molecule has 0 fully saturated rings. The van der Waals surface area contributed by atoms with E-state index in [1.807, 2.05) is 30.3 Å². The van der Waals surface area contributed by atoms with E-state index in [1.165, 1.54) is 10.8 Å². The molecular weight excluding hydrogens is 260 g/mol. The fourth-order valence-electron chi connectivity index (χ4n) is 1.82. The predicted octanol–water partition coefficient (Wildman–Crippen LogP) is 2.05. The molecule has 0 aliphatic carbocycles. The highest BCUT2D eigenvalue weighted by Crippen LogP contribution is 2.15. The van der Waals surface area contributed by atoms with Gasteiger partial charge in [-0.15, -0.1) is 0 Å². The van der Waals surface area contributed by atoms with Gasteiger partial charge in [-0.1, -0.05) is 30.3 Å². The van der Waals surface area contributed by atoms with Crippen molar-refractivity contribution < 1.29 is 0 Å². The topological polar surface area (TPSA) is 63.6 Å². The maximum absolute atomic E-state index is 12.0. The Hall–Kier alpha value is -2.34. The summed E-state index contributed by atoms with van der Waals surface area (Å²) in [6.07, 6.45) is 1.53. The molecule has 0 spiro atoms. The summed E-state index contributed by atoms with van der Waals surface area (Å²) in [5.74, 6) is 0.562. The molecule has 3 rings (SSSR count). The molecule has 1 aromatic carbocycles. The average Bonchev–Trinajstić information content (AvgIpc) is 2.45. The lowest BCUT2D eigenvalue weighted by molar-refractivity contribution is 0.819. The molecule has 0 aliphatic heterocycles. The first kappa shape index (κ1) is 11.7. The van der Waals surface area contributed by atoms with Crippen molar-refractivity contribution in [2.45, 2.75) is 0 Å². The maximum Gasteiger partial charge on any atom is 0.265 e. The van der Waals surface area contributed by atoms with Crippen LogP contribution >= 0.6 is 12.2 Å². The SMILES string of the molecule is Cn1c(=S)[nH]c2nc(-c3ccccc3)ncc2c1=O. The van der Waals surface area contributed by atoms with Crippen LogP contribution in [0.4, 0.5) is 0 Å². The Kier molecular flexibility index (Phi) is 2.72. The quantitative estimate of drug-likeness (QED) is 0.687. The number of hydrogen-bond donors (Lipinski definition) is 1. The summed E-state index contributed by atoms with van der Waals surface area (Å²) < 4.78 is 1.71. The number of rotatable bonds is 1. The first-order chi connectivity index (χ1) is 9.16. The second-order valence-corrected chi connectivity index (χ2v) is 4.50. The summed E-state index contributed by atoms with van der Waals surface area (Å²) in [5.41, 5.74) is 1.16. The molecule has 3 aromatic rings. The van der Waals surface area contributed by atoms with Crippen molar-refractivity contribution in [3.8, 4) is 11.4 Å². The standard InChI is InChI=1S/C13H10N4OS/c1-17-12(18)9-7-14-10(8-5-3-2-4-6-8)15-11(9)16-13(17)19/h2-7H,1H3,(H,14,15,16,19). The Labute approximate surface area is 113 Å². The third-order valence-corrected chi connectivity index (χ3v) is 3.26. The zero-order valence-electron chi connectivity index (χ0n) is 10.1. The van der Waals surface area contributed by atoms with Crippen LogP contribution in [-0.4, -0.2) is 19.5 Å². The van der Waals surface area contributed by atoms with Crippen LogP contribution in [0.1, 0.15) is 0 Å². The summed E-state index contributed by atoms with van der Waals surface area (Å²) >= 11 is 5.08. The lowest BCUT2D eigenvalue weighted by Gasteiger charge is -2.04. The van der Waals surface area contributed by atoms with Gasteiger partial charge in [0.1, 0.15) is 11.0 Å². The summed E-state index contributed by atoms with van der Waals surface area (Å²) in [6, 6.07) is 9.58. The molecule has 0 saturated carbocycles. The minimum Gasteiger partial charge on any atom is -0.316 e. The number of fused-ring (bicyclic) bond motifs is 1.